The van der Waals surface area contributed by atoms with E-state index < -0.39 is 17.7 Å². The molecule has 1 saturated heterocycles. The second-order valence-electron chi connectivity index (χ2n) is 3.30. The van der Waals surface area contributed by atoms with Crippen molar-refractivity contribution in [3.05, 3.63) is 0 Å². The zero-order valence-corrected chi connectivity index (χ0v) is 8.87. The molecule has 0 aliphatic carbocycles. The van der Waals surface area contributed by atoms with Crippen LogP contribution in [-0.4, -0.2) is 35.7 Å². The summed E-state index contributed by atoms with van der Waals surface area (Å²) in [5, 5.41) is 0. The summed E-state index contributed by atoms with van der Waals surface area (Å²) in [5.41, 5.74) is 4.38. The smallest absolute Gasteiger partial charge is 0.251 e. The Morgan fingerprint density at radius 1 is 1.20 bits per heavy atom. The van der Waals surface area contributed by atoms with Gasteiger partial charge in [-0.15, -0.1) is 0 Å². The number of nitrogens with one attached hydrogen (secondary N) is 2. The van der Waals surface area contributed by atoms with E-state index >= 15 is 0 Å². The average Bonchev–Trinajstić information content (AvgIpc) is 2.51. The molecule has 0 aromatic carbocycles. The van der Waals surface area contributed by atoms with Crippen LogP contribution < -0.4 is 10.9 Å². The van der Waals surface area contributed by atoms with Gasteiger partial charge in [0.15, 0.2) is 0 Å². The molecule has 0 bridgehead atoms. The normalized spacial score (nSPS) is 16.1. The summed E-state index contributed by atoms with van der Waals surface area (Å²) < 4.78 is 0. The van der Waals surface area contributed by atoms with E-state index in [4.69, 9.17) is 0 Å². The molecular weight excluding hydrogens is 198 g/mol. The van der Waals surface area contributed by atoms with Crippen LogP contribution in [0.3, 0.4) is 0 Å². The Morgan fingerprint density at radius 2 is 1.67 bits per heavy atom. The number of amides is 3. The Balaban J connectivity index is 2.57. The molecule has 0 spiro atoms. The summed E-state index contributed by atoms with van der Waals surface area (Å²) in [6, 6.07) is 0. The van der Waals surface area contributed by atoms with Gasteiger partial charge in [0, 0.05) is 19.5 Å². The number of carbonyl (C=O) groups excluding carboxylic acids is 3. The molecule has 1 rings (SSSR count). The summed E-state index contributed by atoms with van der Waals surface area (Å²) in [7, 11) is 0. The second-order valence-corrected chi connectivity index (χ2v) is 3.30. The number of hydrazine groups is 1. The van der Waals surface area contributed by atoms with Crippen molar-refractivity contribution < 1.29 is 14.4 Å². The molecule has 1 aliphatic heterocycles. The zero-order valence-electron chi connectivity index (χ0n) is 8.87. The molecule has 0 atom stereocenters. The van der Waals surface area contributed by atoms with Gasteiger partial charge in [-0.3, -0.25) is 25.2 Å². The highest BCUT2D eigenvalue weighted by molar-refractivity contribution is 6.07. The fourth-order valence-corrected chi connectivity index (χ4v) is 1.48. The predicted octanol–water partition coefficient (Wildman–Crippen LogP) is -0.978. The van der Waals surface area contributed by atoms with E-state index in [1.54, 1.807) is 4.90 Å². The molecule has 2 N–H and O–H groups in total. The molecule has 1 aliphatic rings. The van der Waals surface area contributed by atoms with Crippen molar-refractivity contribution in [2.24, 2.45) is 5.92 Å². The van der Waals surface area contributed by atoms with Gasteiger partial charge in [-0.2, -0.15) is 0 Å². The first kappa shape index (κ1) is 11.5. The SMILES string of the molecule is CCN(CC)C(=O)CC1C(=O)NNC1=O. The van der Waals surface area contributed by atoms with Crippen molar-refractivity contribution in [1.29, 1.82) is 0 Å². The number of rotatable bonds is 4. The fourth-order valence-electron chi connectivity index (χ4n) is 1.48. The Morgan fingerprint density at radius 3 is 2.07 bits per heavy atom. The minimum absolute atomic E-state index is 0.0562. The van der Waals surface area contributed by atoms with E-state index in [9.17, 15) is 14.4 Å². The van der Waals surface area contributed by atoms with Crippen molar-refractivity contribution in [3.8, 4) is 0 Å². The largest absolute Gasteiger partial charge is 0.343 e. The van der Waals surface area contributed by atoms with Crippen LogP contribution in [0.15, 0.2) is 0 Å². The monoisotopic (exact) mass is 213 g/mol. The minimum atomic E-state index is -0.877. The molecule has 0 radical (unpaired) electrons. The molecule has 1 heterocycles. The molecule has 0 saturated carbocycles. The molecule has 15 heavy (non-hydrogen) atoms. The molecular formula is C9H15N3O3. The summed E-state index contributed by atoms with van der Waals surface area (Å²) >= 11 is 0. The predicted molar refractivity (Wildman–Crippen MR) is 52.3 cm³/mol. The van der Waals surface area contributed by atoms with Gasteiger partial charge in [-0.1, -0.05) is 0 Å². The fraction of sp³-hybridized carbons (Fsp3) is 0.667. The van der Waals surface area contributed by atoms with E-state index in [2.05, 4.69) is 10.9 Å². The van der Waals surface area contributed by atoms with Gasteiger partial charge in [-0.25, -0.2) is 0 Å². The zero-order chi connectivity index (χ0) is 11.4. The Hall–Kier alpha value is -1.59. The van der Waals surface area contributed by atoms with Crippen molar-refractivity contribution in [2.45, 2.75) is 20.3 Å². The molecule has 6 heteroatoms. The standard InChI is InChI=1S/C9H15N3O3/c1-3-12(4-2)7(13)5-6-8(14)10-11-9(6)15/h6H,3-5H2,1-2H3,(H,10,14)(H,11,15). The Labute approximate surface area is 88.0 Å². The van der Waals surface area contributed by atoms with Gasteiger partial charge in [0.2, 0.25) is 5.91 Å². The lowest BCUT2D eigenvalue weighted by Crippen LogP contribution is -2.34. The van der Waals surface area contributed by atoms with E-state index in [-0.39, 0.29) is 12.3 Å². The second kappa shape index (κ2) is 4.77. The van der Waals surface area contributed by atoms with Crippen LogP contribution in [0.1, 0.15) is 20.3 Å². The van der Waals surface area contributed by atoms with Gasteiger partial charge < -0.3 is 4.90 Å². The summed E-state index contributed by atoms with van der Waals surface area (Å²) in [6.45, 7) is 4.89. The van der Waals surface area contributed by atoms with Crippen molar-refractivity contribution in [1.82, 2.24) is 15.8 Å². The molecule has 0 aromatic heterocycles. The van der Waals surface area contributed by atoms with Crippen LogP contribution in [0, 0.1) is 5.92 Å². The van der Waals surface area contributed by atoms with Crippen LogP contribution in [0.2, 0.25) is 0 Å². The van der Waals surface area contributed by atoms with E-state index in [1.165, 1.54) is 0 Å². The molecule has 0 unspecified atom stereocenters. The Kier molecular flexibility index (Phi) is 3.65. The summed E-state index contributed by atoms with van der Waals surface area (Å²) in [5.74, 6) is -1.91. The number of nitrogens with zero attached hydrogens (tertiary/aromatic N) is 1. The first-order chi connectivity index (χ1) is 7.10. The Bertz CT molecular complexity index is 270. The third-order valence-electron chi connectivity index (χ3n) is 2.44. The molecule has 84 valence electrons. The van der Waals surface area contributed by atoms with Crippen LogP contribution >= 0.6 is 0 Å². The highest BCUT2D eigenvalue weighted by Crippen LogP contribution is 2.10. The number of carbonyl (C=O) groups is 3. The van der Waals surface area contributed by atoms with Crippen LogP contribution in [0.4, 0.5) is 0 Å². The lowest BCUT2D eigenvalue weighted by molar-refractivity contribution is -0.138. The van der Waals surface area contributed by atoms with Crippen LogP contribution in [0.5, 0.6) is 0 Å². The maximum Gasteiger partial charge on any atom is 0.251 e. The third kappa shape index (κ3) is 2.45. The number of hydrogen-bond acceptors (Lipinski definition) is 3. The molecule has 3 amide bonds. The lowest BCUT2D eigenvalue weighted by atomic mass is 10.0. The van der Waals surface area contributed by atoms with Crippen LogP contribution in [0.25, 0.3) is 0 Å². The van der Waals surface area contributed by atoms with Gasteiger partial charge in [0.1, 0.15) is 5.92 Å². The average molecular weight is 213 g/mol. The van der Waals surface area contributed by atoms with Crippen molar-refractivity contribution in [2.75, 3.05) is 13.1 Å². The quantitative estimate of drug-likeness (QED) is 0.589. The topological polar surface area (TPSA) is 78.5 Å². The van der Waals surface area contributed by atoms with Crippen LogP contribution in [-0.2, 0) is 14.4 Å². The lowest BCUT2D eigenvalue weighted by Gasteiger charge is -2.19. The van der Waals surface area contributed by atoms with Crippen molar-refractivity contribution >= 4 is 17.7 Å². The van der Waals surface area contributed by atoms with E-state index in [0.29, 0.717) is 13.1 Å². The highest BCUT2D eigenvalue weighted by atomic mass is 16.2. The summed E-state index contributed by atoms with van der Waals surface area (Å²) in [6.07, 6.45) is -0.0562. The van der Waals surface area contributed by atoms with Crippen molar-refractivity contribution in [3.63, 3.8) is 0 Å². The maximum absolute atomic E-state index is 11.6. The van der Waals surface area contributed by atoms with Gasteiger partial charge in [0.05, 0.1) is 0 Å². The van der Waals surface area contributed by atoms with Gasteiger partial charge >= 0.3 is 0 Å². The van der Waals surface area contributed by atoms with E-state index in [1.807, 2.05) is 13.8 Å². The number of hydrogen-bond donors (Lipinski definition) is 2. The molecule has 1 fully saturated rings. The first-order valence-corrected chi connectivity index (χ1v) is 4.97. The highest BCUT2D eigenvalue weighted by Gasteiger charge is 2.35. The van der Waals surface area contributed by atoms with E-state index in [0.717, 1.165) is 0 Å². The maximum atomic E-state index is 11.6. The minimum Gasteiger partial charge on any atom is -0.343 e. The summed E-state index contributed by atoms with van der Waals surface area (Å²) in [4.78, 5) is 35.5. The molecule has 6 nitrogen and oxygen atoms in total. The first-order valence-electron chi connectivity index (χ1n) is 4.97. The molecule has 0 aromatic rings. The van der Waals surface area contributed by atoms with Gasteiger partial charge in [0.25, 0.3) is 11.8 Å². The van der Waals surface area contributed by atoms with Gasteiger partial charge in [-0.05, 0) is 13.8 Å². The third-order valence-corrected chi connectivity index (χ3v) is 2.44.